The molecule has 1 nitrogen and oxygen atoms in total. The van der Waals surface area contributed by atoms with Gasteiger partial charge in [-0.1, -0.05) is 49.6 Å². The van der Waals surface area contributed by atoms with Gasteiger partial charge in [-0.05, 0) is 18.4 Å². The number of allylic oxidation sites excluding steroid dienone is 8. The number of carbonyl (C=O) groups is 1. The van der Waals surface area contributed by atoms with Crippen LogP contribution in [0.1, 0.15) is 19.3 Å². The van der Waals surface area contributed by atoms with Crippen molar-refractivity contribution in [2.45, 2.75) is 19.3 Å². The Balaban J connectivity index is 2.90. The highest BCUT2D eigenvalue weighted by Crippen LogP contribution is 2.21. The molecule has 1 aliphatic rings. The van der Waals surface area contributed by atoms with E-state index >= 15 is 0 Å². The van der Waals surface area contributed by atoms with Crippen LogP contribution in [-0.2, 0) is 4.79 Å². The standard InChI is InChI=1S/C14H16O/c1-3-5-6-9-12(4-2)13-10-7-8-11-14(13)15/h3-6,9-10H,1-2,7-8,11H2. The van der Waals surface area contributed by atoms with Gasteiger partial charge in [-0.3, -0.25) is 4.79 Å². The summed E-state index contributed by atoms with van der Waals surface area (Å²) in [6.07, 6.45) is 13.6. The van der Waals surface area contributed by atoms with E-state index in [0.29, 0.717) is 6.42 Å². The van der Waals surface area contributed by atoms with Gasteiger partial charge in [-0.25, -0.2) is 0 Å². The van der Waals surface area contributed by atoms with Gasteiger partial charge in [-0.2, -0.15) is 0 Å². The molecule has 0 aliphatic heterocycles. The number of rotatable bonds is 4. The molecule has 0 amide bonds. The Hall–Kier alpha value is -1.63. The van der Waals surface area contributed by atoms with Crippen molar-refractivity contribution >= 4 is 5.78 Å². The first-order valence-electron chi connectivity index (χ1n) is 5.15. The summed E-state index contributed by atoms with van der Waals surface area (Å²) in [6, 6.07) is 0. The Kier molecular flexibility index (Phi) is 4.55. The Morgan fingerprint density at radius 1 is 1.33 bits per heavy atom. The van der Waals surface area contributed by atoms with Crippen LogP contribution in [0.4, 0.5) is 0 Å². The zero-order valence-electron chi connectivity index (χ0n) is 8.91. The maximum Gasteiger partial charge on any atom is 0.163 e. The highest BCUT2D eigenvalue weighted by molar-refractivity contribution is 6.00. The number of ketones is 1. The maximum atomic E-state index is 11.6. The van der Waals surface area contributed by atoms with Gasteiger partial charge in [0.1, 0.15) is 0 Å². The van der Waals surface area contributed by atoms with Crippen LogP contribution < -0.4 is 0 Å². The Morgan fingerprint density at radius 2 is 2.13 bits per heavy atom. The van der Waals surface area contributed by atoms with Gasteiger partial charge < -0.3 is 0 Å². The minimum Gasteiger partial charge on any atom is -0.294 e. The van der Waals surface area contributed by atoms with Crippen molar-refractivity contribution in [2.24, 2.45) is 0 Å². The van der Waals surface area contributed by atoms with Gasteiger partial charge in [0.15, 0.2) is 5.78 Å². The summed E-state index contributed by atoms with van der Waals surface area (Å²) in [5.74, 6) is 0.222. The number of Topliss-reactive ketones (excluding diaryl/α,β-unsaturated/α-hetero) is 1. The number of hydrogen-bond acceptors (Lipinski definition) is 1. The molecule has 0 aromatic heterocycles. The molecule has 0 aromatic carbocycles. The first kappa shape index (κ1) is 11.4. The van der Waals surface area contributed by atoms with Crippen molar-refractivity contribution in [2.75, 3.05) is 0 Å². The lowest BCUT2D eigenvalue weighted by atomic mass is 9.92. The average molecular weight is 200 g/mol. The van der Waals surface area contributed by atoms with Gasteiger partial charge in [0.25, 0.3) is 0 Å². The van der Waals surface area contributed by atoms with E-state index in [4.69, 9.17) is 0 Å². The van der Waals surface area contributed by atoms with E-state index in [9.17, 15) is 4.79 Å². The minimum atomic E-state index is 0.222. The average Bonchev–Trinajstić information content (AvgIpc) is 2.26. The molecule has 78 valence electrons. The second-order valence-corrected chi connectivity index (χ2v) is 3.38. The van der Waals surface area contributed by atoms with E-state index in [2.05, 4.69) is 13.2 Å². The van der Waals surface area contributed by atoms with E-state index in [-0.39, 0.29) is 5.78 Å². The molecule has 0 fully saturated rings. The van der Waals surface area contributed by atoms with Crippen molar-refractivity contribution in [1.82, 2.24) is 0 Å². The zero-order chi connectivity index (χ0) is 11.1. The third-order valence-electron chi connectivity index (χ3n) is 2.31. The largest absolute Gasteiger partial charge is 0.294 e. The smallest absolute Gasteiger partial charge is 0.163 e. The van der Waals surface area contributed by atoms with Gasteiger partial charge in [0.2, 0.25) is 0 Å². The van der Waals surface area contributed by atoms with E-state index < -0.39 is 0 Å². The maximum absolute atomic E-state index is 11.6. The minimum absolute atomic E-state index is 0.222. The molecule has 1 heteroatoms. The number of carbonyl (C=O) groups excluding carboxylic acids is 1. The molecule has 0 atom stereocenters. The molecule has 0 unspecified atom stereocenters. The molecule has 0 saturated carbocycles. The van der Waals surface area contributed by atoms with Gasteiger partial charge in [0, 0.05) is 12.0 Å². The third kappa shape index (κ3) is 3.21. The normalized spacial score (nSPS) is 17.7. The zero-order valence-corrected chi connectivity index (χ0v) is 8.91. The first-order valence-corrected chi connectivity index (χ1v) is 5.15. The van der Waals surface area contributed by atoms with Crippen molar-refractivity contribution in [3.63, 3.8) is 0 Å². The van der Waals surface area contributed by atoms with Gasteiger partial charge >= 0.3 is 0 Å². The van der Waals surface area contributed by atoms with Crippen molar-refractivity contribution in [3.8, 4) is 0 Å². The summed E-state index contributed by atoms with van der Waals surface area (Å²) in [4.78, 5) is 11.6. The summed E-state index contributed by atoms with van der Waals surface area (Å²) in [7, 11) is 0. The predicted octanol–water partition coefficient (Wildman–Crippen LogP) is 3.52. The van der Waals surface area contributed by atoms with Gasteiger partial charge in [-0.15, -0.1) is 0 Å². The lowest BCUT2D eigenvalue weighted by Gasteiger charge is -2.11. The van der Waals surface area contributed by atoms with Crippen molar-refractivity contribution in [3.05, 3.63) is 60.8 Å². The predicted molar refractivity (Wildman–Crippen MR) is 64.6 cm³/mol. The molecule has 0 radical (unpaired) electrons. The summed E-state index contributed by atoms with van der Waals surface area (Å²) in [5.41, 5.74) is 1.71. The SMILES string of the molecule is C=CC=CC=C(C=C)C1=CCCCC1=O. The first-order chi connectivity index (χ1) is 7.29. The monoisotopic (exact) mass is 200 g/mol. The lowest BCUT2D eigenvalue weighted by molar-refractivity contribution is -0.115. The molecule has 1 aliphatic carbocycles. The van der Waals surface area contributed by atoms with Crippen molar-refractivity contribution < 1.29 is 4.79 Å². The molecule has 0 aromatic rings. The molecular formula is C14H16O. The molecule has 1 rings (SSSR count). The van der Waals surface area contributed by atoms with Gasteiger partial charge in [0.05, 0.1) is 0 Å². The van der Waals surface area contributed by atoms with E-state index in [0.717, 1.165) is 24.0 Å². The van der Waals surface area contributed by atoms with E-state index in [1.807, 2.05) is 24.3 Å². The Morgan fingerprint density at radius 3 is 2.73 bits per heavy atom. The summed E-state index contributed by atoms with van der Waals surface area (Å²) in [6.45, 7) is 7.32. The Bertz CT molecular complexity index is 354. The summed E-state index contributed by atoms with van der Waals surface area (Å²) < 4.78 is 0. The van der Waals surface area contributed by atoms with Crippen LogP contribution in [0.2, 0.25) is 0 Å². The second-order valence-electron chi connectivity index (χ2n) is 3.38. The van der Waals surface area contributed by atoms with Crippen LogP contribution in [0.5, 0.6) is 0 Å². The molecule has 0 N–H and O–H groups in total. The summed E-state index contributed by atoms with van der Waals surface area (Å²) in [5, 5.41) is 0. The third-order valence-corrected chi connectivity index (χ3v) is 2.31. The molecule has 0 spiro atoms. The topological polar surface area (TPSA) is 17.1 Å². The fraction of sp³-hybridized carbons (Fsp3) is 0.214. The van der Waals surface area contributed by atoms with E-state index in [1.165, 1.54) is 0 Å². The molecule has 0 saturated heterocycles. The fourth-order valence-corrected chi connectivity index (χ4v) is 1.54. The summed E-state index contributed by atoms with van der Waals surface area (Å²) >= 11 is 0. The quantitative estimate of drug-likeness (QED) is 0.634. The Labute approximate surface area is 91.2 Å². The van der Waals surface area contributed by atoms with Crippen LogP contribution in [0.3, 0.4) is 0 Å². The lowest BCUT2D eigenvalue weighted by Crippen LogP contribution is -2.08. The van der Waals surface area contributed by atoms with E-state index in [1.54, 1.807) is 12.2 Å². The van der Waals surface area contributed by atoms with Crippen LogP contribution in [0.15, 0.2) is 60.8 Å². The van der Waals surface area contributed by atoms with Crippen molar-refractivity contribution in [1.29, 1.82) is 0 Å². The van der Waals surface area contributed by atoms with Crippen LogP contribution in [0.25, 0.3) is 0 Å². The second kappa shape index (κ2) is 5.97. The van der Waals surface area contributed by atoms with Crippen LogP contribution >= 0.6 is 0 Å². The molecule has 0 heterocycles. The molecule has 15 heavy (non-hydrogen) atoms. The highest BCUT2D eigenvalue weighted by atomic mass is 16.1. The highest BCUT2D eigenvalue weighted by Gasteiger charge is 2.14. The fourth-order valence-electron chi connectivity index (χ4n) is 1.54. The molecule has 0 bridgehead atoms. The molecular weight excluding hydrogens is 184 g/mol. The van der Waals surface area contributed by atoms with Crippen LogP contribution in [-0.4, -0.2) is 5.78 Å². The number of hydrogen-bond donors (Lipinski definition) is 0. The van der Waals surface area contributed by atoms with Crippen LogP contribution in [0, 0.1) is 0 Å².